The van der Waals surface area contributed by atoms with Gasteiger partial charge in [-0.2, -0.15) is 10.2 Å². The van der Waals surface area contributed by atoms with Gasteiger partial charge in [0.05, 0.1) is 23.0 Å². The summed E-state index contributed by atoms with van der Waals surface area (Å²) in [6.45, 7) is 9.17. The van der Waals surface area contributed by atoms with Crippen LogP contribution >= 0.6 is 0 Å². The van der Waals surface area contributed by atoms with Crippen LogP contribution in [0.3, 0.4) is 0 Å². The van der Waals surface area contributed by atoms with Gasteiger partial charge in [0.1, 0.15) is 11.6 Å². The van der Waals surface area contributed by atoms with Crippen LogP contribution in [-0.4, -0.2) is 62.3 Å². The van der Waals surface area contributed by atoms with Crippen molar-refractivity contribution >= 4 is 22.5 Å². The molecule has 39 heavy (non-hydrogen) atoms. The molecule has 5 heterocycles. The normalized spacial score (nSPS) is 21.6. The van der Waals surface area contributed by atoms with Gasteiger partial charge in [-0.1, -0.05) is 6.07 Å². The highest BCUT2D eigenvalue weighted by molar-refractivity contribution is 5.96. The maximum atomic E-state index is 5.75. The number of nitrogens with one attached hydrogen (secondary N) is 1. The third-order valence-electron chi connectivity index (χ3n) is 9.00. The fourth-order valence-corrected chi connectivity index (χ4v) is 6.61. The lowest BCUT2D eigenvalue weighted by atomic mass is 9.97. The summed E-state index contributed by atoms with van der Waals surface area (Å²) in [5.74, 6) is 3.72. The molecule has 0 radical (unpaired) electrons. The number of aromatic amines is 1. The van der Waals surface area contributed by atoms with E-state index in [0.717, 1.165) is 78.4 Å². The molecule has 204 valence electrons. The van der Waals surface area contributed by atoms with Gasteiger partial charge in [-0.15, -0.1) is 0 Å². The Kier molecular flexibility index (Phi) is 5.88. The summed E-state index contributed by atoms with van der Waals surface area (Å²) in [6.07, 6.45) is 5.70. The highest BCUT2D eigenvalue weighted by atomic mass is 16.5. The van der Waals surface area contributed by atoms with Crippen molar-refractivity contribution in [3.63, 3.8) is 0 Å². The Morgan fingerprint density at radius 3 is 2.69 bits per heavy atom. The second-order valence-corrected chi connectivity index (χ2v) is 11.7. The molecule has 9 nitrogen and oxygen atoms in total. The summed E-state index contributed by atoms with van der Waals surface area (Å²) in [7, 11) is 3.90. The number of rotatable bonds is 5. The third kappa shape index (κ3) is 4.18. The number of methoxy groups -OCH3 is 1. The number of aryl methyl sites for hydroxylation is 3. The van der Waals surface area contributed by atoms with Crippen molar-refractivity contribution in [3.8, 4) is 11.4 Å². The molecule has 1 saturated heterocycles. The number of hydrogen-bond donors (Lipinski definition) is 1. The number of benzene rings is 1. The molecule has 2 atom stereocenters. The van der Waals surface area contributed by atoms with Crippen LogP contribution in [0.2, 0.25) is 0 Å². The zero-order valence-corrected chi connectivity index (χ0v) is 23.7. The van der Waals surface area contributed by atoms with Gasteiger partial charge >= 0.3 is 0 Å². The number of hydrogen-bond acceptors (Lipinski definition) is 7. The molecule has 1 N–H and O–H groups in total. The van der Waals surface area contributed by atoms with E-state index in [0.29, 0.717) is 18.1 Å². The van der Waals surface area contributed by atoms with Gasteiger partial charge in [0.2, 0.25) is 0 Å². The summed E-state index contributed by atoms with van der Waals surface area (Å²) in [5.41, 5.74) is 7.91. The first-order valence-corrected chi connectivity index (χ1v) is 14.3. The second kappa shape index (κ2) is 9.33. The topological polar surface area (TPSA) is 88.0 Å². The van der Waals surface area contributed by atoms with Crippen molar-refractivity contribution in [2.45, 2.75) is 77.5 Å². The van der Waals surface area contributed by atoms with Gasteiger partial charge in [-0.05, 0) is 58.1 Å². The second-order valence-electron chi connectivity index (χ2n) is 11.7. The van der Waals surface area contributed by atoms with Crippen LogP contribution in [-0.2, 0) is 24.8 Å². The zero-order chi connectivity index (χ0) is 26.8. The van der Waals surface area contributed by atoms with E-state index in [2.05, 4.69) is 70.7 Å². The molecule has 2 aliphatic heterocycles. The molecule has 7 rings (SSSR count). The number of aromatic nitrogens is 6. The maximum absolute atomic E-state index is 5.75. The SMILES string of the molecule is CO[C@@H]1CCN(c2nc(-c3c(C)ccc4n[nH]c(C)c34)nc3c2CN(c2cc(C4CC4)nn2C)CC3)[C@H](C)C1. The number of ether oxygens (including phenoxy) is 1. The Balaban J connectivity index is 1.35. The van der Waals surface area contributed by atoms with Gasteiger partial charge in [0.25, 0.3) is 0 Å². The van der Waals surface area contributed by atoms with E-state index < -0.39 is 0 Å². The van der Waals surface area contributed by atoms with Crippen molar-refractivity contribution in [3.05, 3.63) is 46.4 Å². The van der Waals surface area contributed by atoms with Crippen molar-refractivity contribution in [2.75, 3.05) is 30.0 Å². The van der Waals surface area contributed by atoms with Crippen LogP contribution in [0.4, 0.5) is 11.6 Å². The summed E-state index contributed by atoms with van der Waals surface area (Å²) in [6, 6.07) is 6.85. The molecule has 9 heteroatoms. The van der Waals surface area contributed by atoms with Crippen molar-refractivity contribution in [2.24, 2.45) is 7.05 Å². The van der Waals surface area contributed by atoms with Crippen molar-refractivity contribution < 1.29 is 4.74 Å². The maximum Gasteiger partial charge on any atom is 0.162 e. The predicted molar refractivity (Wildman–Crippen MR) is 153 cm³/mol. The molecule has 0 spiro atoms. The minimum absolute atomic E-state index is 0.296. The number of anilines is 2. The number of H-pyrrole nitrogens is 1. The largest absolute Gasteiger partial charge is 0.381 e. The monoisotopic (exact) mass is 526 g/mol. The number of nitrogens with zero attached hydrogens (tertiary/aromatic N) is 7. The molecule has 4 aromatic rings. The van der Waals surface area contributed by atoms with E-state index in [1.54, 1.807) is 0 Å². The van der Waals surface area contributed by atoms with Crippen LogP contribution in [0.25, 0.3) is 22.3 Å². The zero-order valence-electron chi connectivity index (χ0n) is 23.7. The predicted octanol–water partition coefficient (Wildman–Crippen LogP) is 4.81. The van der Waals surface area contributed by atoms with E-state index in [9.17, 15) is 0 Å². The van der Waals surface area contributed by atoms with E-state index in [-0.39, 0.29) is 0 Å². The van der Waals surface area contributed by atoms with Gasteiger partial charge in [-0.3, -0.25) is 9.78 Å². The molecule has 0 bridgehead atoms. The molecular weight excluding hydrogens is 488 g/mol. The summed E-state index contributed by atoms with van der Waals surface area (Å²) < 4.78 is 7.81. The number of piperidine rings is 1. The molecule has 3 aliphatic rings. The average Bonchev–Trinajstić information content (AvgIpc) is 3.62. The molecule has 0 amide bonds. The molecule has 0 unspecified atom stereocenters. The number of fused-ring (bicyclic) bond motifs is 2. The smallest absolute Gasteiger partial charge is 0.162 e. The van der Waals surface area contributed by atoms with E-state index in [1.807, 2.05) is 7.11 Å². The van der Waals surface area contributed by atoms with Crippen LogP contribution in [0.5, 0.6) is 0 Å². The van der Waals surface area contributed by atoms with Crippen molar-refractivity contribution in [1.29, 1.82) is 0 Å². The Labute approximate surface area is 229 Å². The molecule has 1 aliphatic carbocycles. The minimum atomic E-state index is 0.296. The molecule has 3 aromatic heterocycles. The fraction of sp³-hybridized carbons (Fsp3) is 0.533. The minimum Gasteiger partial charge on any atom is -0.381 e. The first kappa shape index (κ1) is 24.6. The highest BCUT2D eigenvalue weighted by Gasteiger charge is 2.34. The van der Waals surface area contributed by atoms with Gasteiger partial charge in [0.15, 0.2) is 5.82 Å². The summed E-state index contributed by atoms with van der Waals surface area (Å²) in [5, 5.41) is 13.7. The summed E-state index contributed by atoms with van der Waals surface area (Å²) >= 11 is 0. The van der Waals surface area contributed by atoms with E-state index in [1.165, 1.54) is 35.5 Å². The third-order valence-corrected chi connectivity index (χ3v) is 9.00. The molecular formula is C30H38N8O. The Bertz CT molecular complexity index is 1550. The lowest BCUT2D eigenvalue weighted by Crippen LogP contribution is -2.45. The lowest BCUT2D eigenvalue weighted by molar-refractivity contribution is 0.0719. The fourth-order valence-electron chi connectivity index (χ4n) is 6.61. The van der Waals surface area contributed by atoms with E-state index in [4.69, 9.17) is 19.8 Å². The molecule has 1 saturated carbocycles. The van der Waals surface area contributed by atoms with E-state index >= 15 is 0 Å². The Morgan fingerprint density at radius 2 is 1.92 bits per heavy atom. The first-order chi connectivity index (χ1) is 18.9. The van der Waals surface area contributed by atoms with Gasteiger partial charge in [0, 0.05) is 80.4 Å². The van der Waals surface area contributed by atoms with Gasteiger partial charge in [-0.25, -0.2) is 9.97 Å². The quantitative estimate of drug-likeness (QED) is 0.399. The Morgan fingerprint density at radius 1 is 1.08 bits per heavy atom. The average molecular weight is 527 g/mol. The van der Waals surface area contributed by atoms with Crippen LogP contribution in [0.1, 0.15) is 66.7 Å². The van der Waals surface area contributed by atoms with Crippen LogP contribution < -0.4 is 9.80 Å². The van der Waals surface area contributed by atoms with Crippen molar-refractivity contribution in [1.82, 2.24) is 29.9 Å². The van der Waals surface area contributed by atoms with Crippen LogP contribution in [0, 0.1) is 13.8 Å². The van der Waals surface area contributed by atoms with Crippen LogP contribution in [0.15, 0.2) is 18.2 Å². The molecule has 1 aromatic carbocycles. The molecule has 2 fully saturated rings. The first-order valence-electron chi connectivity index (χ1n) is 14.3. The summed E-state index contributed by atoms with van der Waals surface area (Å²) in [4.78, 5) is 15.6. The van der Waals surface area contributed by atoms with Gasteiger partial charge < -0.3 is 14.5 Å². The Hall–Kier alpha value is -3.46. The lowest BCUT2D eigenvalue weighted by Gasteiger charge is -2.40. The standard InChI is InChI=1S/C30H38N8O/c1-17-6-9-24-28(19(3)33-34-24)27(17)29-31-23-11-12-37(26-15-25(20-7-8-20)35-36(26)4)16-22(23)30(32-29)38-13-10-21(39-5)14-18(38)2/h6,9,15,18,20-21H,7-8,10-14,16H2,1-5H3,(H,33,34)/t18-,21-/m1/s1. The highest BCUT2D eigenvalue weighted by Crippen LogP contribution is 2.42.